The van der Waals surface area contributed by atoms with Crippen LogP contribution in [0.2, 0.25) is 0 Å². The fraction of sp³-hybridized carbons (Fsp3) is 0.867. The molecule has 0 aliphatic carbocycles. The van der Waals surface area contributed by atoms with Gasteiger partial charge < -0.3 is 9.47 Å². The molecule has 0 N–H and O–H groups in total. The topological polar surface area (TPSA) is 52.6 Å². The van der Waals surface area contributed by atoms with Crippen LogP contribution in [0.15, 0.2) is 18.2 Å². The van der Waals surface area contributed by atoms with E-state index in [1.54, 1.807) is 0 Å². The van der Waals surface area contributed by atoms with E-state index in [1.165, 1.54) is 263 Å². The molecule has 0 radical (unpaired) electrons. The number of hydrogen-bond acceptors (Lipinski definition) is 4. The normalized spacial score (nSPS) is 11.4. The summed E-state index contributed by atoms with van der Waals surface area (Å²) in [5, 5.41) is 0. The summed E-state index contributed by atoms with van der Waals surface area (Å²) >= 11 is 0. The van der Waals surface area contributed by atoms with Gasteiger partial charge in [0.2, 0.25) is 0 Å². The van der Waals surface area contributed by atoms with Crippen molar-refractivity contribution in [1.29, 1.82) is 0 Å². The van der Waals surface area contributed by atoms with Gasteiger partial charge in [-0.05, 0) is 49.4 Å². The highest BCUT2D eigenvalue weighted by molar-refractivity contribution is 5.74. The maximum Gasteiger partial charge on any atom is 0.311 e. The first-order valence-corrected chi connectivity index (χ1v) is 29.1. The Balaban J connectivity index is 2.37. The Bertz CT molecular complexity index is 1130. The highest BCUT2D eigenvalue weighted by Gasteiger charge is 2.13. The second kappa shape index (κ2) is 49.1. The molecule has 4 heteroatoms. The number of benzene rings is 1. The van der Waals surface area contributed by atoms with Gasteiger partial charge in [0.1, 0.15) is 11.5 Å². The van der Waals surface area contributed by atoms with Crippen molar-refractivity contribution in [2.45, 2.75) is 335 Å². The van der Waals surface area contributed by atoms with E-state index in [2.05, 4.69) is 20.8 Å². The van der Waals surface area contributed by atoms with Crippen LogP contribution in [0.25, 0.3) is 0 Å². The van der Waals surface area contributed by atoms with Crippen molar-refractivity contribution < 1.29 is 19.1 Å². The molecule has 1 rings (SSSR count). The van der Waals surface area contributed by atoms with Crippen LogP contribution in [0.4, 0.5) is 0 Å². The molecule has 0 aromatic heterocycles. The van der Waals surface area contributed by atoms with Gasteiger partial charge in [0.15, 0.2) is 0 Å². The van der Waals surface area contributed by atoms with Crippen LogP contribution in [0.5, 0.6) is 11.5 Å². The molecule has 0 saturated heterocycles. The third-order valence-electron chi connectivity index (χ3n) is 13.8. The van der Waals surface area contributed by atoms with Gasteiger partial charge in [-0.25, -0.2) is 0 Å². The summed E-state index contributed by atoms with van der Waals surface area (Å²) in [5.41, 5.74) is 0.993. The maximum atomic E-state index is 13.0. The number of ether oxygens (including phenoxy) is 2. The number of aryl methyl sites for hydroxylation is 1. The fourth-order valence-electron chi connectivity index (χ4n) is 9.42. The molecule has 0 heterocycles. The van der Waals surface area contributed by atoms with Crippen molar-refractivity contribution in [1.82, 2.24) is 0 Å². The maximum absolute atomic E-state index is 13.0. The minimum absolute atomic E-state index is 0.138. The molecular formula is C60H110O4. The second-order valence-corrected chi connectivity index (χ2v) is 20.2. The molecule has 0 spiro atoms. The molecule has 0 unspecified atom stereocenters. The largest absolute Gasteiger partial charge is 0.427 e. The van der Waals surface area contributed by atoms with Gasteiger partial charge in [0.05, 0.1) is 0 Å². The van der Waals surface area contributed by atoms with Crippen LogP contribution in [-0.4, -0.2) is 11.9 Å². The Morgan fingerprint density at radius 3 is 0.859 bits per heavy atom. The molecule has 0 atom stereocenters. The molecule has 1 aromatic rings. The van der Waals surface area contributed by atoms with Gasteiger partial charge in [-0.3, -0.25) is 9.59 Å². The molecule has 0 saturated carbocycles. The highest BCUT2D eigenvalue weighted by Crippen LogP contribution is 2.28. The quantitative estimate of drug-likeness (QED) is 0.0371. The standard InChI is InChI=1S/C60H110O4/c1-4-7-10-13-16-19-22-25-28-31-32-35-38-41-44-47-50-56-55-57(63-59(61)51-48-45-42-39-36-33-29-26-23-20-17-14-11-8-5-2)53-54-58(56)64-60(62)52-49-46-43-40-37-34-30-27-24-21-18-15-12-9-6-3/h53-55H,4-52H2,1-3H3. The van der Waals surface area contributed by atoms with Gasteiger partial charge in [0.25, 0.3) is 0 Å². The SMILES string of the molecule is CCCCCCCCCCCCCCCCCCc1cc(OC(=O)CCCCCCCCCCCCCCCCC)ccc1OC(=O)CCCCCCCCCCCCCCCCC. The first-order valence-electron chi connectivity index (χ1n) is 29.1. The molecule has 0 amide bonds. The van der Waals surface area contributed by atoms with Crippen molar-refractivity contribution in [3.05, 3.63) is 23.8 Å². The summed E-state index contributed by atoms with van der Waals surface area (Å²) in [7, 11) is 0. The average Bonchev–Trinajstić information content (AvgIpc) is 3.29. The molecule has 4 nitrogen and oxygen atoms in total. The van der Waals surface area contributed by atoms with Crippen LogP contribution in [0.3, 0.4) is 0 Å². The number of carbonyl (C=O) groups excluding carboxylic acids is 2. The lowest BCUT2D eigenvalue weighted by atomic mass is 10.0. The van der Waals surface area contributed by atoms with E-state index in [9.17, 15) is 9.59 Å². The molecule has 374 valence electrons. The third-order valence-corrected chi connectivity index (χ3v) is 13.8. The first kappa shape index (κ1) is 60.2. The minimum atomic E-state index is -0.152. The van der Waals surface area contributed by atoms with Gasteiger partial charge in [0, 0.05) is 12.8 Å². The summed E-state index contributed by atoms with van der Waals surface area (Å²) in [4.78, 5) is 25.8. The number of rotatable bonds is 51. The van der Waals surface area contributed by atoms with E-state index in [0.717, 1.165) is 44.1 Å². The van der Waals surface area contributed by atoms with E-state index in [-0.39, 0.29) is 11.9 Å². The molecule has 0 bridgehead atoms. The number of esters is 2. The zero-order valence-electron chi connectivity index (χ0n) is 43.5. The van der Waals surface area contributed by atoms with Crippen molar-refractivity contribution in [3.63, 3.8) is 0 Å². The van der Waals surface area contributed by atoms with Crippen molar-refractivity contribution in [2.24, 2.45) is 0 Å². The summed E-state index contributed by atoms with van der Waals surface area (Å²) < 4.78 is 11.8. The third kappa shape index (κ3) is 41.6. The highest BCUT2D eigenvalue weighted by atomic mass is 16.5. The molecule has 64 heavy (non-hydrogen) atoms. The van der Waals surface area contributed by atoms with Gasteiger partial charge in [-0.1, -0.05) is 297 Å². The zero-order chi connectivity index (χ0) is 46.1. The van der Waals surface area contributed by atoms with Crippen molar-refractivity contribution in [2.75, 3.05) is 0 Å². The van der Waals surface area contributed by atoms with Gasteiger partial charge in [-0.15, -0.1) is 0 Å². The Labute approximate surface area is 400 Å². The zero-order valence-corrected chi connectivity index (χ0v) is 43.5. The molecule has 0 aliphatic rings. The lowest BCUT2D eigenvalue weighted by Gasteiger charge is -2.13. The molecule has 0 aliphatic heterocycles. The Kier molecular flexibility index (Phi) is 46.1. The van der Waals surface area contributed by atoms with E-state index >= 15 is 0 Å². The van der Waals surface area contributed by atoms with Crippen LogP contribution in [-0.2, 0) is 16.0 Å². The van der Waals surface area contributed by atoms with Gasteiger partial charge >= 0.3 is 11.9 Å². The number of hydrogen-bond donors (Lipinski definition) is 0. The van der Waals surface area contributed by atoms with Crippen LogP contribution >= 0.6 is 0 Å². The average molecular weight is 896 g/mol. The summed E-state index contributed by atoms with van der Waals surface area (Å²) in [6, 6.07) is 5.64. The molecule has 0 fully saturated rings. The Hall–Kier alpha value is -1.84. The predicted molar refractivity (Wildman–Crippen MR) is 280 cm³/mol. The van der Waals surface area contributed by atoms with E-state index in [4.69, 9.17) is 9.47 Å². The summed E-state index contributed by atoms with van der Waals surface area (Å²) in [6.07, 6.45) is 62.7. The van der Waals surface area contributed by atoms with E-state index in [0.29, 0.717) is 24.3 Å². The van der Waals surface area contributed by atoms with Gasteiger partial charge in [-0.2, -0.15) is 0 Å². The molecule has 1 aromatic carbocycles. The second-order valence-electron chi connectivity index (χ2n) is 20.2. The fourth-order valence-corrected chi connectivity index (χ4v) is 9.42. The number of carbonyl (C=O) groups is 2. The first-order chi connectivity index (χ1) is 31.6. The predicted octanol–water partition coefficient (Wildman–Crippen LogP) is 20.8. The monoisotopic (exact) mass is 895 g/mol. The van der Waals surface area contributed by atoms with Crippen LogP contribution in [0.1, 0.15) is 335 Å². The van der Waals surface area contributed by atoms with Crippen LogP contribution in [0, 0.1) is 0 Å². The summed E-state index contributed by atoms with van der Waals surface area (Å²) in [6.45, 7) is 6.87. The lowest BCUT2D eigenvalue weighted by molar-refractivity contribution is -0.135. The smallest absolute Gasteiger partial charge is 0.311 e. The van der Waals surface area contributed by atoms with Crippen molar-refractivity contribution in [3.8, 4) is 11.5 Å². The van der Waals surface area contributed by atoms with Crippen LogP contribution < -0.4 is 9.47 Å². The Morgan fingerprint density at radius 2 is 0.562 bits per heavy atom. The van der Waals surface area contributed by atoms with E-state index in [1.807, 2.05) is 18.2 Å². The molecular weight excluding hydrogens is 785 g/mol. The number of unbranched alkanes of at least 4 members (excludes halogenated alkanes) is 43. The lowest BCUT2D eigenvalue weighted by Crippen LogP contribution is -2.11. The van der Waals surface area contributed by atoms with E-state index < -0.39 is 0 Å². The Morgan fingerprint density at radius 1 is 0.312 bits per heavy atom. The van der Waals surface area contributed by atoms with Crippen molar-refractivity contribution >= 4 is 11.9 Å². The minimum Gasteiger partial charge on any atom is -0.427 e. The summed E-state index contributed by atoms with van der Waals surface area (Å²) in [5.74, 6) is 0.940.